The molecule has 0 unspecified atom stereocenters. The van der Waals surface area contributed by atoms with Gasteiger partial charge in [0.15, 0.2) is 5.78 Å². The predicted molar refractivity (Wildman–Crippen MR) is 58.5 cm³/mol. The fourth-order valence-corrected chi connectivity index (χ4v) is 1.23. The smallest absolute Gasteiger partial charge is 0.178 e. The van der Waals surface area contributed by atoms with Crippen molar-refractivity contribution < 1.29 is 9.90 Å². The molecule has 1 aromatic rings. The fourth-order valence-electron chi connectivity index (χ4n) is 1.23. The first-order valence-electron chi connectivity index (χ1n) is 4.52. The first-order chi connectivity index (χ1) is 7.24. The molecule has 0 bridgehead atoms. The molecule has 1 N–H and O–H groups in total. The lowest BCUT2D eigenvalue weighted by Crippen LogP contribution is -1.98. The lowest BCUT2D eigenvalue weighted by Gasteiger charge is -1.99. The first-order valence-corrected chi connectivity index (χ1v) is 4.52. The van der Waals surface area contributed by atoms with E-state index in [-0.39, 0.29) is 11.5 Å². The molecule has 3 heteroatoms. The van der Waals surface area contributed by atoms with Crippen LogP contribution in [0.2, 0.25) is 0 Å². The number of phenolic OH excluding ortho intramolecular Hbond substituents is 1. The molecule has 1 aliphatic carbocycles. The second-order valence-corrected chi connectivity index (χ2v) is 3.13. The van der Waals surface area contributed by atoms with Gasteiger partial charge in [-0.15, -0.1) is 0 Å². The van der Waals surface area contributed by atoms with E-state index in [1.54, 1.807) is 36.4 Å². The Kier molecular flexibility index (Phi) is 2.46. The van der Waals surface area contributed by atoms with E-state index in [1.165, 1.54) is 12.2 Å². The van der Waals surface area contributed by atoms with Crippen molar-refractivity contribution in [3.63, 3.8) is 0 Å². The maximum Gasteiger partial charge on any atom is 0.178 e. The highest BCUT2D eigenvalue weighted by Crippen LogP contribution is 2.19. The molecule has 0 aliphatic heterocycles. The lowest BCUT2D eigenvalue weighted by atomic mass is 10.1. The summed E-state index contributed by atoms with van der Waals surface area (Å²) in [6, 6.07) is 6.64. The van der Waals surface area contributed by atoms with Crippen LogP contribution in [-0.2, 0) is 4.79 Å². The summed E-state index contributed by atoms with van der Waals surface area (Å²) in [5.74, 6) is 0.140. The number of hydrogen-bond donors (Lipinski definition) is 1. The molecule has 0 saturated heterocycles. The summed E-state index contributed by atoms with van der Waals surface area (Å²) in [5.41, 5.74) is 1.36. The number of nitrogens with zero attached hydrogens (tertiary/aromatic N) is 1. The molecule has 0 heterocycles. The number of aromatic hydroxyl groups is 1. The molecule has 1 aromatic carbocycles. The number of rotatable bonds is 1. The van der Waals surface area contributed by atoms with Crippen LogP contribution in [0.25, 0.3) is 0 Å². The van der Waals surface area contributed by atoms with Gasteiger partial charge in [-0.05, 0) is 36.4 Å². The van der Waals surface area contributed by atoms with Gasteiger partial charge in [0.2, 0.25) is 0 Å². The average Bonchev–Trinajstić information content (AvgIpc) is 2.22. The minimum Gasteiger partial charge on any atom is -0.508 e. The number of allylic oxidation sites excluding steroid dienone is 4. The Labute approximate surface area is 87.1 Å². The van der Waals surface area contributed by atoms with E-state index >= 15 is 0 Å². The third-order valence-corrected chi connectivity index (χ3v) is 1.92. The van der Waals surface area contributed by atoms with Crippen LogP contribution < -0.4 is 0 Å². The number of phenols is 1. The molecule has 1 aliphatic rings. The standard InChI is InChI=1S/C12H9NO2/c14-11-6-4-9(5-7-11)13-10-2-1-3-12(15)8-10/h1-8,15H. The minimum absolute atomic E-state index is 0.0372. The third-order valence-electron chi connectivity index (χ3n) is 1.92. The van der Waals surface area contributed by atoms with Crippen LogP contribution in [0.15, 0.2) is 53.6 Å². The maximum atomic E-state index is 10.8. The molecular weight excluding hydrogens is 190 g/mol. The van der Waals surface area contributed by atoms with Gasteiger partial charge in [-0.2, -0.15) is 0 Å². The van der Waals surface area contributed by atoms with Gasteiger partial charge in [0.1, 0.15) is 5.75 Å². The topological polar surface area (TPSA) is 49.7 Å². The van der Waals surface area contributed by atoms with Crippen molar-refractivity contribution in [3.05, 3.63) is 48.6 Å². The molecule has 3 nitrogen and oxygen atoms in total. The number of benzene rings is 1. The van der Waals surface area contributed by atoms with Crippen molar-refractivity contribution in [1.82, 2.24) is 0 Å². The summed E-state index contributed by atoms with van der Waals surface area (Å²) < 4.78 is 0. The first kappa shape index (κ1) is 9.40. The van der Waals surface area contributed by atoms with Crippen molar-refractivity contribution in [1.29, 1.82) is 0 Å². The molecule has 0 atom stereocenters. The highest BCUT2D eigenvalue weighted by Gasteiger charge is 1.99. The molecule has 0 spiro atoms. The molecule has 74 valence electrons. The molecule has 0 aromatic heterocycles. The molecule has 0 amide bonds. The van der Waals surface area contributed by atoms with Crippen molar-refractivity contribution in [2.45, 2.75) is 0 Å². The Morgan fingerprint density at radius 1 is 1.07 bits per heavy atom. The van der Waals surface area contributed by atoms with Crippen molar-refractivity contribution in [2.75, 3.05) is 0 Å². The summed E-state index contributed by atoms with van der Waals surface area (Å²) in [6.45, 7) is 0. The van der Waals surface area contributed by atoms with Crippen LogP contribution in [0.4, 0.5) is 5.69 Å². The molecule has 0 fully saturated rings. The van der Waals surface area contributed by atoms with E-state index in [9.17, 15) is 9.90 Å². The highest BCUT2D eigenvalue weighted by atomic mass is 16.3. The van der Waals surface area contributed by atoms with Crippen molar-refractivity contribution in [3.8, 4) is 5.75 Å². The zero-order valence-electron chi connectivity index (χ0n) is 7.92. The molecule has 0 radical (unpaired) electrons. The number of hydrogen-bond acceptors (Lipinski definition) is 3. The van der Waals surface area contributed by atoms with Gasteiger partial charge in [-0.3, -0.25) is 4.79 Å². The molecule has 2 rings (SSSR count). The van der Waals surface area contributed by atoms with E-state index in [4.69, 9.17) is 0 Å². The normalized spacial score (nSPS) is 14.4. The predicted octanol–water partition coefficient (Wildman–Crippen LogP) is 2.16. The number of aliphatic imine (C=N–C) groups is 1. The Morgan fingerprint density at radius 3 is 2.47 bits per heavy atom. The van der Waals surface area contributed by atoms with Gasteiger partial charge < -0.3 is 5.11 Å². The Bertz CT molecular complexity index is 466. The molecule has 0 saturated carbocycles. The van der Waals surface area contributed by atoms with E-state index in [0.29, 0.717) is 11.4 Å². The molecule has 15 heavy (non-hydrogen) atoms. The highest BCUT2D eigenvalue weighted by molar-refractivity contribution is 6.17. The SMILES string of the molecule is O=C1C=CC(=Nc2cccc(O)c2)C=C1. The summed E-state index contributed by atoms with van der Waals surface area (Å²) in [6.07, 6.45) is 6.21. The number of carbonyl (C=O) groups is 1. The van der Waals surface area contributed by atoms with E-state index in [2.05, 4.69) is 4.99 Å². The lowest BCUT2D eigenvalue weighted by molar-refractivity contribution is -0.110. The summed E-state index contributed by atoms with van der Waals surface area (Å²) in [7, 11) is 0. The van der Waals surface area contributed by atoms with Crippen LogP contribution in [0, 0.1) is 0 Å². The minimum atomic E-state index is -0.0372. The molecular formula is C12H9NO2. The maximum absolute atomic E-state index is 10.8. The van der Waals surface area contributed by atoms with Gasteiger partial charge in [-0.1, -0.05) is 6.07 Å². The second kappa shape index (κ2) is 3.92. The van der Waals surface area contributed by atoms with Crippen LogP contribution in [0.5, 0.6) is 5.75 Å². The van der Waals surface area contributed by atoms with Crippen LogP contribution in [0.1, 0.15) is 0 Å². The Hall–Kier alpha value is -2.16. The van der Waals surface area contributed by atoms with E-state index in [1.807, 2.05) is 0 Å². The van der Waals surface area contributed by atoms with Gasteiger partial charge >= 0.3 is 0 Å². The summed E-state index contributed by atoms with van der Waals surface area (Å²) in [5, 5.41) is 9.23. The van der Waals surface area contributed by atoms with Crippen LogP contribution in [0.3, 0.4) is 0 Å². The fraction of sp³-hybridized carbons (Fsp3) is 0. The van der Waals surface area contributed by atoms with Crippen LogP contribution >= 0.6 is 0 Å². The van der Waals surface area contributed by atoms with E-state index < -0.39 is 0 Å². The van der Waals surface area contributed by atoms with E-state index in [0.717, 1.165) is 0 Å². The Balaban J connectivity index is 2.28. The average molecular weight is 199 g/mol. The van der Waals surface area contributed by atoms with Crippen molar-refractivity contribution in [2.24, 2.45) is 4.99 Å². The third kappa shape index (κ3) is 2.40. The van der Waals surface area contributed by atoms with Crippen molar-refractivity contribution >= 4 is 17.2 Å². The number of carbonyl (C=O) groups excluding carboxylic acids is 1. The zero-order valence-corrected chi connectivity index (χ0v) is 7.92. The second-order valence-electron chi connectivity index (χ2n) is 3.13. The summed E-state index contributed by atoms with van der Waals surface area (Å²) >= 11 is 0. The zero-order chi connectivity index (χ0) is 10.7. The largest absolute Gasteiger partial charge is 0.508 e. The van der Waals surface area contributed by atoms with Crippen LogP contribution in [-0.4, -0.2) is 16.6 Å². The summed E-state index contributed by atoms with van der Waals surface area (Å²) in [4.78, 5) is 15.1. The van der Waals surface area contributed by atoms with Gasteiger partial charge in [0.05, 0.1) is 11.4 Å². The number of ketones is 1. The quantitative estimate of drug-likeness (QED) is 0.704. The monoisotopic (exact) mass is 199 g/mol. The van der Waals surface area contributed by atoms with Gasteiger partial charge in [-0.25, -0.2) is 4.99 Å². The van der Waals surface area contributed by atoms with Gasteiger partial charge in [0, 0.05) is 6.07 Å². The Morgan fingerprint density at radius 2 is 1.80 bits per heavy atom. The van der Waals surface area contributed by atoms with Gasteiger partial charge in [0.25, 0.3) is 0 Å².